The predicted octanol–water partition coefficient (Wildman–Crippen LogP) is 3.85. The molecule has 1 N–H and O–H groups in total. The van der Waals surface area contributed by atoms with Gasteiger partial charge in [0.1, 0.15) is 5.75 Å². The summed E-state index contributed by atoms with van der Waals surface area (Å²) in [6, 6.07) is 11.5. The first-order valence-electron chi connectivity index (χ1n) is 7.77. The SMILES string of the molecule is COc1cccc(C2=NN(C(=O)c3ccc(Cl)cc3)C(O)(C(F)(F)F)C2)c1. The Kier molecular flexibility index (Phi) is 4.88. The molecule has 9 heteroatoms. The average Bonchev–Trinajstić information content (AvgIpc) is 3.01. The Bertz CT molecular complexity index is 899. The van der Waals surface area contributed by atoms with Crippen LogP contribution in [0.4, 0.5) is 13.2 Å². The first-order valence-corrected chi connectivity index (χ1v) is 8.14. The van der Waals surface area contributed by atoms with Crippen LogP contribution in [-0.4, -0.2) is 40.7 Å². The average molecular weight is 399 g/mol. The number of rotatable bonds is 3. The molecule has 1 aliphatic rings. The lowest BCUT2D eigenvalue weighted by Gasteiger charge is -2.32. The molecule has 0 aliphatic carbocycles. The van der Waals surface area contributed by atoms with E-state index in [-0.39, 0.29) is 16.3 Å². The summed E-state index contributed by atoms with van der Waals surface area (Å²) >= 11 is 5.74. The quantitative estimate of drug-likeness (QED) is 0.854. The second kappa shape index (κ2) is 6.86. The molecule has 1 atom stereocenters. The fraction of sp³-hybridized carbons (Fsp3) is 0.222. The summed E-state index contributed by atoms with van der Waals surface area (Å²) in [7, 11) is 1.41. The maximum absolute atomic E-state index is 13.6. The number of halogens is 4. The lowest BCUT2D eigenvalue weighted by Crippen LogP contribution is -2.56. The number of nitrogens with zero attached hydrogens (tertiary/aromatic N) is 2. The van der Waals surface area contributed by atoms with Gasteiger partial charge in [-0.15, -0.1) is 0 Å². The van der Waals surface area contributed by atoms with Crippen LogP contribution in [-0.2, 0) is 0 Å². The van der Waals surface area contributed by atoms with Crippen LogP contribution in [0.1, 0.15) is 22.3 Å². The van der Waals surface area contributed by atoms with Crippen molar-refractivity contribution in [3.8, 4) is 5.75 Å². The van der Waals surface area contributed by atoms with Crippen LogP contribution in [0.3, 0.4) is 0 Å². The Hall–Kier alpha value is -2.58. The van der Waals surface area contributed by atoms with Gasteiger partial charge in [-0.25, -0.2) is 0 Å². The zero-order valence-corrected chi connectivity index (χ0v) is 14.8. The van der Waals surface area contributed by atoms with Gasteiger partial charge < -0.3 is 9.84 Å². The fourth-order valence-corrected chi connectivity index (χ4v) is 2.78. The molecule has 1 unspecified atom stereocenters. The number of methoxy groups -OCH3 is 1. The van der Waals surface area contributed by atoms with Crippen LogP contribution in [0, 0.1) is 0 Å². The lowest BCUT2D eigenvalue weighted by molar-refractivity contribution is -0.297. The third kappa shape index (κ3) is 3.50. The lowest BCUT2D eigenvalue weighted by atomic mass is 10.0. The van der Waals surface area contributed by atoms with Gasteiger partial charge in [-0.3, -0.25) is 4.79 Å². The summed E-state index contributed by atoms with van der Waals surface area (Å²) in [5.41, 5.74) is -3.32. The van der Waals surface area contributed by atoms with Gasteiger partial charge in [-0.05, 0) is 36.4 Å². The fourth-order valence-electron chi connectivity index (χ4n) is 2.66. The zero-order valence-electron chi connectivity index (χ0n) is 14.0. The number of alkyl halides is 3. The Morgan fingerprint density at radius 1 is 1.26 bits per heavy atom. The van der Waals surface area contributed by atoms with Crippen molar-refractivity contribution in [1.82, 2.24) is 5.01 Å². The standard InChI is InChI=1S/C18H14ClF3N2O3/c1-27-14-4-2-3-12(9-14)15-10-17(26,18(20,21)22)24(23-15)16(25)11-5-7-13(19)8-6-11/h2-9,26H,10H2,1H3. The number of amides is 1. The number of carbonyl (C=O) groups is 1. The molecule has 5 nitrogen and oxygen atoms in total. The van der Waals surface area contributed by atoms with Crippen LogP contribution >= 0.6 is 11.6 Å². The van der Waals surface area contributed by atoms with Crippen molar-refractivity contribution in [1.29, 1.82) is 0 Å². The first-order chi connectivity index (χ1) is 12.7. The summed E-state index contributed by atoms with van der Waals surface area (Å²) in [5.74, 6) is -0.683. The van der Waals surface area contributed by atoms with Crippen molar-refractivity contribution in [2.24, 2.45) is 5.10 Å². The Labute approximate surface area is 157 Å². The van der Waals surface area contributed by atoms with Gasteiger partial charge in [-0.2, -0.15) is 23.3 Å². The first kappa shape index (κ1) is 19.2. The molecule has 2 aromatic rings. The summed E-state index contributed by atoms with van der Waals surface area (Å²) < 4.78 is 45.9. The molecule has 0 radical (unpaired) electrons. The van der Waals surface area contributed by atoms with Crippen LogP contribution in [0.2, 0.25) is 5.02 Å². The summed E-state index contributed by atoms with van der Waals surface area (Å²) in [4.78, 5) is 12.6. The van der Waals surface area contributed by atoms with E-state index < -0.39 is 24.2 Å². The van der Waals surface area contributed by atoms with E-state index in [0.717, 1.165) is 0 Å². The van der Waals surface area contributed by atoms with E-state index >= 15 is 0 Å². The largest absolute Gasteiger partial charge is 0.497 e. The minimum Gasteiger partial charge on any atom is -0.497 e. The highest BCUT2D eigenvalue weighted by Gasteiger charge is 2.63. The molecular formula is C18H14ClF3N2O3. The van der Waals surface area contributed by atoms with E-state index in [4.69, 9.17) is 16.3 Å². The van der Waals surface area contributed by atoms with Crippen LogP contribution in [0.5, 0.6) is 5.75 Å². The third-order valence-electron chi connectivity index (χ3n) is 4.13. The number of hydrogen-bond acceptors (Lipinski definition) is 4. The molecule has 0 fully saturated rings. The Balaban J connectivity index is 2.04. The molecule has 1 aliphatic heterocycles. The summed E-state index contributed by atoms with van der Waals surface area (Å²) in [6.45, 7) is 0. The van der Waals surface area contributed by atoms with E-state index in [9.17, 15) is 23.1 Å². The zero-order chi connectivity index (χ0) is 19.8. The van der Waals surface area contributed by atoms with E-state index in [1.807, 2.05) is 0 Å². The monoisotopic (exact) mass is 398 g/mol. The van der Waals surface area contributed by atoms with Crippen molar-refractivity contribution in [2.45, 2.75) is 18.3 Å². The molecular weight excluding hydrogens is 385 g/mol. The second-order valence-corrected chi connectivity index (χ2v) is 6.33. The second-order valence-electron chi connectivity index (χ2n) is 5.89. The Morgan fingerprint density at radius 3 is 2.52 bits per heavy atom. The van der Waals surface area contributed by atoms with Crippen molar-refractivity contribution >= 4 is 23.2 Å². The molecule has 0 spiro atoms. The van der Waals surface area contributed by atoms with Crippen LogP contribution in [0.15, 0.2) is 53.6 Å². The third-order valence-corrected chi connectivity index (χ3v) is 4.38. The predicted molar refractivity (Wildman–Crippen MR) is 92.8 cm³/mol. The van der Waals surface area contributed by atoms with Gasteiger partial charge in [0.15, 0.2) is 0 Å². The van der Waals surface area contributed by atoms with Crippen molar-refractivity contribution in [3.63, 3.8) is 0 Å². The summed E-state index contributed by atoms with van der Waals surface area (Å²) in [6.07, 6.45) is -6.01. The highest BCUT2D eigenvalue weighted by molar-refractivity contribution is 6.30. The normalized spacial score (nSPS) is 19.8. The van der Waals surface area contributed by atoms with Gasteiger partial charge in [0.05, 0.1) is 19.2 Å². The van der Waals surface area contributed by atoms with Gasteiger partial charge >= 0.3 is 6.18 Å². The molecule has 27 heavy (non-hydrogen) atoms. The number of carbonyl (C=O) groups excluding carboxylic acids is 1. The maximum atomic E-state index is 13.6. The number of aliphatic hydroxyl groups is 1. The number of benzene rings is 2. The highest BCUT2D eigenvalue weighted by Crippen LogP contribution is 2.42. The van der Waals surface area contributed by atoms with E-state index in [2.05, 4.69) is 5.10 Å². The van der Waals surface area contributed by atoms with E-state index in [0.29, 0.717) is 16.3 Å². The molecule has 1 heterocycles. The molecule has 0 saturated heterocycles. The van der Waals surface area contributed by atoms with Gasteiger partial charge in [0.2, 0.25) is 0 Å². The molecule has 0 aromatic heterocycles. The minimum atomic E-state index is -5.11. The molecule has 2 aromatic carbocycles. The molecule has 0 bridgehead atoms. The molecule has 3 rings (SSSR count). The van der Waals surface area contributed by atoms with Crippen LogP contribution < -0.4 is 4.74 Å². The Morgan fingerprint density at radius 2 is 1.93 bits per heavy atom. The van der Waals surface area contributed by atoms with E-state index in [1.54, 1.807) is 12.1 Å². The molecule has 1 amide bonds. The van der Waals surface area contributed by atoms with Crippen molar-refractivity contribution < 1.29 is 27.8 Å². The van der Waals surface area contributed by atoms with Crippen molar-refractivity contribution in [3.05, 3.63) is 64.7 Å². The van der Waals surface area contributed by atoms with Gasteiger partial charge in [0.25, 0.3) is 11.6 Å². The molecule has 142 valence electrons. The molecule has 0 saturated carbocycles. The minimum absolute atomic E-state index is 0.0745. The maximum Gasteiger partial charge on any atom is 0.438 e. The summed E-state index contributed by atoms with van der Waals surface area (Å²) in [5, 5.41) is 14.5. The van der Waals surface area contributed by atoms with Gasteiger partial charge in [-0.1, -0.05) is 23.7 Å². The van der Waals surface area contributed by atoms with Crippen molar-refractivity contribution in [2.75, 3.05) is 7.11 Å². The highest BCUT2D eigenvalue weighted by atomic mass is 35.5. The van der Waals surface area contributed by atoms with E-state index in [1.165, 1.54) is 43.5 Å². The number of ether oxygens (including phenoxy) is 1. The number of hydrogen-bond donors (Lipinski definition) is 1. The van der Waals surface area contributed by atoms with Crippen LogP contribution in [0.25, 0.3) is 0 Å². The topological polar surface area (TPSA) is 62.1 Å². The smallest absolute Gasteiger partial charge is 0.438 e. The number of hydrazone groups is 1. The van der Waals surface area contributed by atoms with Gasteiger partial charge in [0, 0.05) is 16.1 Å².